The van der Waals surface area contributed by atoms with Crippen LogP contribution in [0.1, 0.15) is 16.7 Å². The zero-order chi connectivity index (χ0) is 22.6. The van der Waals surface area contributed by atoms with Crippen LogP contribution in [0.25, 0.3) is 11.4 Å². The molecule has 0 fully saturated rings. The van der Waals surface area contributed by atoms with Crippen LogP contribution in [0, 0.1) is 0 Å². The fourth-order valence-electron chi connectivity index (χ4n) is 2.72. The molecule has 0 spiro atoms. The van der Waals surface area contributed by atoms with Crippen LogP contribution in [0.2, 0.25) is 0 Å². The van der Waals surface area contributed by atoms with Crippen molar-refractivity contribution in [1.29, 1.82) is 0 Å². The first-order chi connectivity index (χ1) is 14.6. The second kappa shape index (κ2) is 8.96. The van der Waals surface area contributed by atoms with Gasteiger partial charge in [0.05, 0.1) is 5.56 Å². The maximum atomic E-state index is 12.7. The summed E-state index contributed by atoms with van der Waals surface area (Å²) >= 11 is 0. The Hall–Kier alpha value is -3.73. The predicted octanol–water partition coefficient (Wildman–Crippen LogP) is 2.71. The molecular formula is C20H19F3N6O2. The standard InChI is InChI=1S/C20H19F3N6O2/c21-20(22,23)14-7-3-12(4-8-14)10-26-19-28-16(27-18(25)29-19)13-5-1-11(2-6-13)9-15(24)17(30)31/h1-8,15H,9-10,24H2,(H,30,31)(H3,25,26,27,28,29)/t15-/m0/s1. The lowest BCUT2D eigenvalue weighted by Crippen LogP contribution is -2.32. The smallest absolute Gasteiger partial charge is 0.416 e. The number of aromatic nitrogens is 3. The summed E-state index contributed by atoms with van der Waals surface area (Å²) in [5.41, 5.74) is 12.5. The van der Waals surface area contributed by atoms with E-state index in [4.69, 9.17) is 16.6 Å². The Labute approximate surface area is 175 Å². The van der Waals surface area contributed by atoms with Gasteiger partial charge >= 0.3 is 12.1 Å². The largest absolute Gasteiger partial charge is 0.480 e. The molecule has 0 amide bonds. The number of alkyl halides is 3. The van der Waals surface area contributed by atoms with E-state index in [-0.39, 0.29) is 30.7 Å². The first kappa shape index (κ1) is 22.0. The SMILES string of the molecule is Nc1nc(NCc2ccc(C(F)(F)F)cc2)nc(-c2ccc(C[C@H](N)C(=O)O)cc2)n1. The fraction of sp³-hybridized carbons (Fsp3) is 0.200. The van der Waals surface area contributed by atoms with Crippen molar-refractivity contribution >= 4 is 17.9 Å². The molecule has 11 heteroatoms. The summed E-state index contributed by atoms with van der Waals surface area (Å²) in [7, 11) is 0. The number of hydrogen-bond donors (Lipinski definition) is 4. The zero-order valence-corrected chi connectivity index (χ0v) is 16.1. The van der Waals surface area contributed by atoms with E-state index in [9.17, 15) is 18.0 Å². The summed E-state index contributed by atoms with van der Waals surface area (Å²) in [5, 5.41) is 11.8. The number of nitrogens with zero attached hydrogens (tertiary/aromatic N) is 3. The van der Waals surface area contributed by atoms with E-state index >= 15 is 0 Å². The molecule has 162 valence electrons. The van der Waals surface area contributed by atoms with E-state index in [1.807, 2.05) is 0 Å². The molecule has 8 nitrogen and oxygen atoms in total. The summed E-state index contributed by atoms with van der Waals surface area (Å²) in [6.07, 6.45) is -4.22. The van der Waals surface area contributed by atoms with Gasteiger partial charge in [0.25, 0.3) is 0 Å². The fourth-order valence-corrected chi connectivity index (χ4v) is 2.72. The van der Waals surface area contributed by atoms with Gasteiger partial charge in [-0.3, -0.25) is 4.79 Å². The molecule has 1 atom stereocenters. The molecule has 2 aromatic carbocycles. The lowest BCUT2D eigenvalue weighted by Gasteiger charge is -2.10. The first-order valence-electron chi connectivity index (χ1n) is 9.11. The van der Waals surface area contributed by atoms with Crippen LogP contribution >= 0.6 is 0 Å². The van der Waals surface area contributed by atoms with Crippen molar-refractivity contribution in [3.63, 3.8) is 0 Å². The van der Waals surface area contributed by atoms with Crippen molar-refractivity contribution < 1.29 is 23.1 Å². The number of aliphatic carboxylic acids is 1. The van der Waals surface area contributed by atoms with Gasteiger partial charge in [-0.1, -0.05) is 36.4 Å². The third-order valence-corrected chi connectivity index (χ3v) is 4.37. The van der Waals surface area contributed by atoms with Crippen LogP contribution in [-0.4, -0.2) is 32.1 Å². The molecule has 0 aliphatic rings. The Bertz CT molecular complexity index is 1060. The highest BCUT2D eigenvalue weighted by Crippen LogP contribution is 2.29. The van der Waals surface area contributed by atoms with Crippen molar-refractivity contribution in [2.24, 2.45) is 5.73 Å². The Morgan fingerprint density at radius 1 is 1.00 bits per heavy atom. The van der Waals surface area contributed by atoms with Crippen LogP contribution < -0.4 is 16.8 Å². The first-order valence-corrected chi connectivity index (χ1v) is 9.11. The normalized spacial score (nSPS) is 12.4. The highest BCUT2D eigenvalue weighted by atomic mass is 19.4. The van der Waals surface area contributed by atoms with Gasteiger partial charge in [0.15, 0.2) is 5.82 Å². The highest BCUT2D eigenvalue weighted by Gasteiger charge is 2.29. The summed E-state index contributed by atoms with van der Waals surface area (Å²) in [5.74, 6) is -0.661. The average Bonchev–Trinajstić information content (AvgIpc) is 2.72. The quantitative estimate of drug-likeness (QED) is 0.447. The van der Waals surface area contributed by atoms with Crippen LogP contribution in [0.15, 0.2) is 48.5 Å². The number of nitrogens with one attached hydrogen (secondary N) is 1. The van der Waals surface area contributed by atoms with Gasteiger partial charge in [0, 0.05) is 12.1 Å². The molecule has 0 radical (unpaired) electrons. The van der Waals surface area contributed by atoms with Crippen LogP contribution in [0.4, 0.5) is 25.1 Å². The van der Waals surface area contributed by atoms with E-state index in [1.54, 1.807) is 24.3 Å². The molecule has 3 aromatic rings. The Morgan fingerprint density at radius 2 is 1.61 bits per heavy atom. The molecule has 0 saturated carbocycles. The number of nitrogen functional groups attached to an aromatic ring is 1. The number of nitrogens with two attached hydrogens (primary N) is 2. The third-order valence-electron chi connectivity index (χ3n) is 4.37. The molecule has 0 aliphatic carbocycles. The molecule has 0 aliphatic heterocycles. The van der Waals surface area contributed by atoms with Gasteiger partial charge in [0.2, 0.25) is 11.9 Å². The lowest BCUT2D eigenvalue weighted by molar-refractivity contribution is -0.139. The highest BCUT2D eigenvalue weighted by molar-refractivity contribution is 5.73. The number of anilines is 2. The minimum Gasteiger partial charge on any atom is -0.480 e. The number of rotatable bonds is 7. The molecule has 0 unspecified atom stereocenters. The predicted molar refractivity (Wildman–Crippen MR) is 108 cm³/mol. The number of carboxylic acid groups (broad SMARTS) is 1. The zero-order valence-electron chi connectivity index (χ0n) is 16.1. The maximum absolute atomic E-state index is 12.7. The summed E-state index contributed by atoms with van der Waals surface area (Å²) < 4.78 is 38.0. The molecule has 0 bridgehead atoms. The monoisotopic (exact) mass is 432 g/mol. The van der Waals surface area contributed by atoms with Crippen molar-refractivity contribution in [3.8, 4) is 11.4 Å². The van der Waals surface area contributed by atoms with Crippen LogP contribution in [0.5, 0.6) is 0 Å². The number of carboxylic acids is 1. The number of benzene rings is 2. The minimum atomic E-state index is -4.39. The van der Waals surface area contributed by atoms with Gasteiger partial charge in [-0.25, -0.2) is 0 Å². The maximum Gasteiger partial charge on any atom is 0.416 e. The summed E-state index contributed by atoms with van der Waals surface area (Å²) in [4.78, 5) is 23.2. The topological polar surface area (TPSA) is 140 Å². The van der Waals surface area contributed by atoms with Gasteiger partial charge < -0.3 is 21.9 Å². The minimum absolute atomic E-state index is 0.0307. The number of hydrogen-bond acceptors (Lipinski definition) is 7. The Balaban J connectivity index is 1.71. The van der Waals surface area contributed by atoms with Gasteiger partial charge in [-0.05, 0) is 29.7 Å². The summed E-state index contributed by atoms with van der Waals surface area (Å²) in [6.45, 7) is 0.188. The molecule has 1 aromatic heterocycles. The van der Waals surface area contributed by atoms with E-state index < -0.39 is 23.8 Å². The molecule has 3 rings (SSSR count). The van der Waals surface area contributed by atoms with Crippen LogP contribution in [0.3, 0.4) is 0 Å². The van der Waals surface area contributed by atoms with E-state index in [2.05, 4.69) is 20.3 Å². The Kier molecular flexibility index (Phi) is 6.35. The van der Waals surface area contributed by atoms with Gasteiger partial charge in [-0.2, -0.15) is 28.1 Å². The Morgan fingerprint density at radius 3 is 2.19 bits per heavy atom. The van der Waals surface area contributed by atoms with Gasteiger partial charge in [-0.15, -0.1) is 0 Å². The molecule has 0 saturated heterocycles. The second-order valence-electron chi connectivity index (χ2n) is 6.73. The molecule has 1 heterocycles. The van der Waals surface area contributed by atoms with E-state index in [1.165, 1.54) is 12.1 Å². The summed E-state index contributed by atoms with van der Waals surface area (Å²) in [6, 6.07) is 10.6. The van der Waals surface area contributed by atoms with Crippen LogP contribution in [-0.2, 0) is 23.9 Å². The second-order valence-corrected chi connectivity index (χ2v) is 6.73. The number of carbonyl (C=O) groups is 1. The van der Waals surface area contributed by atoms with Gasteiger partial charge in [0.1, 0.15) is 6.04 Å². The van der Waals surface area contributed by atoms with Crippen molar-refractivity contribution in [1.82, 2.24) is 15.0 Å². The third kappa shape index (κ3) is 5.89. The van der Waals surface area contributed by atoms with E-state index in [0.717, 1.165) is 17.7 Å². The molecule has 6 N–H and O–H groups in total. The molecule has 31 heavy (non-hydrogen) atoms. The average molecular weight is 432 g/mol. The molecular weight excluding hydrogens is 413 g/mol. The van der Waals surface area contributed by atoms with Crippen molar-refractivity contribution in [2.75, 3.05) is 11.1 Å². The van der Waals surface area contributed by atoms with E-state index in [0.29, 0.717) is 11.1 Å². The number of halogens is 3. The van der Waals surface area contributed by atoms with Crippen molar-refractivity contribution in [3.05, 3.63) is 65.2 Å². The lowest BCUT2D eigenvalue weighted by atomic mass is 10.0. The van der Waals surface area contributed by atoms with Crippen molar-refractivity contribution in [2.45, 2.75) is 25.2 Å².